The predicted octanol–water partition coefficient (Wildman–Crippen LogP) is 1.92. The molecule has 2 spiro atoms. The van der Waals surface area contributed by atoms with Gasteiger partial charge in [-0.25, -0.2) is 0 Å². The van der Waals surface area contributed by atoms with Crippen LogP contribution in [0.5, 0.6) is 0 Å². The molecular weight excluding hydrogens is 375 g/mol. The zero-order valence-corrected chi connectivity index (χ0v) is 17.1. The highest BCUT2D eigenvalue weighted by Crippen LogP contribution is 2.35. The average Bonchev–Trinajstić information content (AvgIpc) is 3.11. The quantitative estimate of drug-likeness (QED) is 0.490. The predicted molar refractivity (Wildman–Crippen MR) is 108 cm³/mol. The van der Waals surface area contributed by atoms with Gasteiger partial charge in [0.2, 0.25) is 11.8 Å². The fourth-order valence-corrected chi connectivity index (χ4v) is 4.68. The number of rotatable bonds is 0. The van der Waals surface area contributed by atoms with Crippen molar-refractivity contribution >= 4 is 36.6 Å². The summed E-state index contributed by atoms with van der Waals surface area (Å²) in [6, 6.07) is 0.737. The molecule has 152 valence electrons. The number of nitrogens with one attached hydrogen (secondary N) is 2. The van der Waals surface area contributed by atoms with E-state index in [9.17, 15) is 9.59 Å². The number of halogens is 2. The average molecular weight is 409 g/mol. The molecule has 0 bridgehead atoms. The van der Waals surface area contributed by atoms with Crippen molar-refractivity contribution in [3.05, 3.63) is 0 Å². The summed E-state index contributed by atoms with van der Waals surface area (Å²) in [5.41, 5.74) is 11.9. The minimum Gasteiger partial charge on any atom is -0.351 e. The smallest absolute Gasteiger partial charge is 0.220 e. The minimum absolute atomic E-state index is 0. The van der Waals surface area contributed by atoms with E-state index in [1.54, 1.807) is 0 Å². The van der Waals surface area contributed by atoms with E-state index in [2.05, 4.69) is 10.6 Å². The molecule has 0 aromatic carbocycles. The Bertz CT molecular complexity index is 444. The number of hydrogen-bond acceptors (Lipinski definition) is 4. The summed E-state index contributed by atoms with van der Waals surface area (Å²) in [5, 5.41) is 6.19. The third-order valence-corrected chi connectivity index (χ3v) is 6.45. The summed E-state index contributed by atoms with van der Waals surface area (Å²) < 4.78 is 0. The molecule has 2 amide bonds. The van der Waals surface area contributed by atoms with Crippen molar-refractivity contribution in [2.75, 3.05) is 0 Å². The second-order valence-electron chi connectivity index (χ2n) is 8.33. The van der Waals surface area contributed by atoms with Gasteiger partial charge in [-0.05, 0) is 64.2 Å². The molecule has 0 atom stereocenters. The van der Waals surface area contributed by atoms with E-state index in [-0.39, 0.29) is 47.7 Å². The molecule has 8 heteroatoms. The molecule has 26 heavy (non-hydrogen) atoms. The van der Waals surface area contributed by atoms with E-state index >= 15 is 0 Å². The van der Waals surface area contributed by atoms with E-state index in [0.717, 1.165) is 77.0 Å². The Morgan fingerprint density at radius 1 is 0.654 bits per heavy atom. The van der Waals surface area contributed by atoms with Crippen LogP contribution in [0, 0.1) is 0 Å². The van der Waals surface area contributed by atoms with Crippen LogP contribution in [0.15, 0.2) is 0 Å². The lowest BCUT2D eigenvalue weighted by atomic mass is 9.79. The van der Waals surface area contributed by atoms with E-state index < -0.39 is 0 Å². The molecule has 0 radical (unpaired) electrons. The first kappa shape index (κ1) is 23.5. The van der Waals surface area contributed by atoms with Crippen LogP contribution in [0.4, 0.5) is 0 Å². The molecule has 2 heterocycles. The van der Waals surface area contributed by atoms with Crippen molar-refractivity contribution < 1.29 is 9.59 Å². The standard InChI is InChI=1S/2C9H16N2O.2ClH/c2*10-7-1-4-9(5-2-7)6-3-8(12)11-9;;/h2*7H,1-6,10H2,(H,11,12);2*1H. The largest absolute Gasteiger partial charge is 0.351 e. The molecule has 4 aliphatic rings. The van der Waals surface area contributed by atoms with Gasteiger partial charge in [-0.3, -0.25) is 9.59 Å². The minimum atomic E-state index is 0. The molecule has 6 nitrogen and oxygen atoms in total. The summed E-state index contributed by atoms with van der Waals surface area (Å²) in [6.07, 6.45) is 12.1. The molecule has 4 fully saturated rings. The highest BCUT2D eigenvalue weighted by atomic mass is 35.5. The Balaban J connectivity index is 0.000000241. The molecule has 2 aliphatic heterocycles. The van der Waals surface area contributed by atoms with Gasteiger partial charge in [0.25, 0.3) is 0 Å². The van der Waals surface area contributed by atoms with Gasteiger partial charge >= 0.3 is 0 Å². The Hall–Kier alpha value is -0.560. The summed E-state index contributed by atoms with van der Waals surface area (Å²) in [6.45, 7) is 0. The van der Waals surface area contributed by atoms with Crippen molar-refractivity contribution in [3.8, 4) is 0 Å². The lowest BCUT2D eigenvalue weighted by molar-refractivity contribution is -0.120. The van der Waals surface area contributed by atoms with Gasteiger partial charge in [-0.2, -0.15) is 0 Å². The van der Waals surface area contributed by atoms with E-state index in [0.29, 0.717) is 12.1 Å². The van der Waals surface area contributed by atoms with E-state index in [1.807, 2.05) is 0 Å². The van der Waals surface area contributed by atoms with Crippen molar-refractivity contribution in [2.45, 2.75) is 100 Å². The van der Waals surface area contributed by atoms with Gasteiger partial charge in [0.1, 0.15) is 0 Å². The molecule has 2 saturated heterocycles. The van der Waals surface area contributed by atoms with Crippen LogP contribution in [-0.4, -0.2) is 35.0 Å². The van der Waals surface area contributed by atoms with Crippen LogP contribution in [0.2, 0.25) is 0 Å². The van der Waals surface area contributed by atoms with Gasteiger partial charge in [-0.15, -0.1) is 24.8 Å². The first-order valence-electron chi connectivity index (χ1n) is 9.54. The van der Waals surface area contributed by atoms with Crippen LogP contribution in [-0.2, 0) is 9.59 Å². The molecule has 0 unspecified atom stereocenters. The van der Waals surface area contributed by atoms with Gasteiger partial charge in [0.05, 0.1) is 0 Å². The van der Waals surface area contributed by atoms with Crippen LogP contribution < -0.4 is 22.1 Å². The molecule has 0 aromatic rings. The maximum atomic E-state index is 11.1. The zero-order chi connectivity index (χ0) is 17.2. The zero-order valence-electron chi connectivity index (χ0n) is 15.4. The van der Waals surface area contributed by atoms with Gasteiger partial charge < -0.3 is 22.1 Å². The van der Waals surface area contributed by atoms with Crippen LogP contribution in [0.25, 0.3) is 0 Å². The van der Waals surface area contributed by atoms with Gasteiger partial charge in [0.15, 0.2) is 0 Å². The Morgan fingerprint density at radius 3 is 1.19 bits per heavy atom. The van der Waals surface area contributed by atoms with Crippen LogP contribution in [0.3, 0.4) is 0 Å². The summed E-state index contributed by atoms with van der Waals surface area (Å²) in [7, 11) is 0. The SMILES string of the molecule is Cl.Cl.NC1CCC2(CCC(=O)N2)CC1.NC1CCC2(CCC(=O)N2)CC1. The fourth-order valence-electron chi connectivity index (χ4n) is 4.68. The van der Waals surface area contributed by atoms with Crippen molar-refractivity contribution in [3.63, 3.8) is 0 Å². The second-order valence-corrected chi connectivity index (χ2v) is 8.33. The maximum absolute atomic E-state index is 11.1. The van der Waals surface area contributed by atoms with Crippen LogP contribution in [0.1, 0.15) is 77.0 Å². The number of carbonyl (C=O) groups is 2. The van der Waals surface area contributed by atoms with Crippen molar-refractivity contribution in [1.29, 1.82) is 0 Å². The first-order chi connectivity index (χ1) is 11.4. The molecule has 4 rings (SSSR count). The number of carbonyl (C=O) groups excluding carboxylic acids is 2. The highest BCUT2D eigenvalue weighted by molar-refractivity contribution is 5.85. The molecule has 0 aromatic heterocycles. The number of nitrogens with two attached hydrogens (primary N) is 2. The van der Waals surface area contributed by atoms with Gasteiger partial charge in [0, 0.05) is 36.0 Å². The molecular formula is C18H34Cl2N4O2. The molecule has 2 saturated carbocycles. The topological polar surface area (TPSA) is 110 Å². The molecule has 6 N–H and O–H groups in total. The maximum Gasteiger partial charge on any atom is 0.220 e. The third kappa shape index (κ3) is 5.72. The second kappa shape index (κ2) is 9.58. The summed E-state index contributed by atoms with van der Waals surface area (Å²) in [5.74, 6) is 0.455. The Morgan fingerprint density at radius 2 is 0.962 bits per heavy atom. The third-order valence-electron chi connectivity index (χ3n) is 6.45. The lowest BCUT2D eigenvalue weighted by Gasteiger charge is -2.35. The van der Waals surface area contributed by atoms with Crippen LogP contribution >= 0.6 is 24.8 Å². The van der Waals surface area contributed by atoms with E-state index in [4.69, 9.17) is 11.5 Å². The first-order valence-corrected chi connectivity index (χ1v) is 9.54. The summed E-state index contributed by atoms with van der Waals surface area (Å²) in [4.78, 5) is 22.1. The van der Waals surface area contributed by atoms with E-state index in [1.165, 1.54) is 0 Å². The monoisotopic (exact) mass is 408 g/mol. The van der Waals surface area contributed by atoms with Crippen molar-refractivity contribution in [1.82, 2.24) is 10.6 Å². The fraction of sp³-hybridized carbons (Fsp3) is 0.889. The number of amides is 2. The molecule has 2 aliphatic carbocycles. The normalized spacial score (nSPS) is 38.5. The van der Waals surface area contributed by atoms with Crippen molar-refractivity contribution in [2.24, 2.45) is 11.5 Å². The number of hydrogen-bond donors (Lipinski definition) is 4. The Labute approximate surface area is 168 Å². The summed E-state index contributed by atoms with van der Waals surface area (Å²) >= 11 is 0. The Kier molecular flexibility index (Phi) is 8.65. The van der Waals surface area contributed by atoms with Gasteiger partial charge in [-0.1, -0.05) is 0 Å². The highest BCUT2D eigenvalue weighted by Gasteiger charge is 2.40. The lowest BCUT2D eigenvalue weighted by Crippen LogP contribution is -2.46.